The van der Waals surface area contributed by atoms with Crippen LogP contribution in [0.25, 0.3) is 0 Å². The first-order chi connectivity index (χ1) is 12.2. The molecule has 4 rings (SSSR count). The Bertz CT molecular complexity index is 717. The molecule has 0 spiro atoms. The first-order valence-electron chi connectivity index (χ1n) is 9.12. The van der Waals surface area contributed by atoms with Gasteiger partial charge in [0.05, 0.1) is 0 Å². The molecule has 0 atom stereocenters. The van der Waals surface area contributed by atoms with E-state index in [0.29, 0.717) is 24.6 Å². The number of hydrogen-bond acceptors (Lipinski definition) is 5. The van der Waals surface area contributed by atoms with Gasteiger partial charge in [-0.2, -0.15) is 0 Å². The third-order valence-electron chi connectivity index (χ3n) is 5.40. The van der Waals surface area contributed by atoms with Gasteiger partial charge in [-0.1, -0.05) is 24.3 Å². The summed E-state index contributed by atoms with van der Waals surface area (Å²) in [4.78, 5) is 9.13. The number of nitrogens with one attached hydrogen (secondary N) is 2. The molecule has 0 unspecified atom stereocenters. The van der Waals surface area contributed by atoms with Crippen molar-refractivity contribution >= 4 is 5.82 Å². The molecule has 0 aliphatic heterocycles. The Kier molecular flexibility index (Phi) is 4.68. The summed E-state index contributed by atoms with van der Waals surface area (Å²) in [6.07, 6.45) is 4.62. The van der Waals surface area contributed by atoms with Gasteiger partial charge >= 0.3 is 0 Å². The van der Waals surface area contributed by atoms with Crippen LogP contribution in [0.3, 0.4) is 0 Å². The molecule has 0 saturated heterocycles. The van der Waals surface area contributed by atoms with Gasteiger partial charge in [-0.05, 0) is 36.8 Å². The van der Waals surface area contributed by atoms with Gasteiger partial charge in [0.25, 0.3) is 0 Å². The first kappa shape index (κ1) is 16.5. The molecule has 5 heteroatoms. The van der Waals surface area contributed by atoms with Crippen LogP contribution in [0.15, 0.2) is 30.3 Å². The average Bonchev–Trinajstić information content (AvgIpc) is 3.00. The Morgan fingerprint density at radius 3 is 2.44 bits per heavy atom. The highest BCUT2D eigenvalue weighted by molar-refractivity contribution is 5.37. The highest BCUT2D eigenvalue weighted by atomic mass is 16.5. The summed E-state index contributed by atoms with van der Waals surface area (Å²) in [6, 6.07) is 12.1. The molecule has 5 nitrogen and oxygen atoms in total. The van der Waals surface area contributed by atoms with Gasteiger partial charge < -0.3 is 15.4 Å². The van der Waals surface area contributed by atoms with Crippen molar-refractivity contribution in [3.63, 3.8) is 0 Å². The van der Waals surface area contributed by atoms with Crippen molar-refractivity contribution in [2.24, 2.45) is 0 Å². The number of methoxy groups -OCH3 is 1. The van der Waals surface area contributed by atoms with Crippen LogP contribution in [0.5, 0.6) is 0 Å². The summed E-state index contributed by atoms with van der Waals surface area (Å²) in [6.45, 7) is 0.456. The van der Waals surface area contributed by atoms with E-state index in [-0.39, 0.29) is 0 Å². The van der Waals surface area contributed by atoms with Gasteiger partial charge in [0.1, 0.15) is 12.4 Å². The molecule has 2 aliphatic carbocycles. The fourth-order valence-electron chi connectivity index (χ4n) is 4.05. The lowest BCUT2D eigenvalue weighted by atomic mass is 9.77. The lowest BCUT2D eigenvalue weighted by molar-refractivity contribution is 0.177. The standard InChI is InChI=1S/C20H26N4O/c1-21-19-11-18(23-20(24-19)12-25-2)15-9-17(10-15)22-16-7-13-5-3-4-6-14(13)8-16/h3-6,11,15-17,22H,7-10,12H2,1-2H3,(H,21,23,24). The summed E-state index contributed by atoms with van der Waals surface area (Å²) in [5.74, 6) is 2.15. The molecule has 2 N–H and O–H groups in total. The quantitative estimate of drug-likeness (QED) is 0.848. The largest absolute Gasteiger partial charge is 0.377 e. The Morgan fingerprint density at radius 1 is 1.08 bits per heavy atom. The van der Waals surface area contributed by atoms with Gasteiger partial charge in [-0.15, -0.1) is 0 Å². The lowest BCUT2D eigenvalue weighted by Crippen LogP contribution is -2.46. The minimum absolute atomic E-state index is 0.456. The number of anilines is 1. The minimum atomic E-state index is 0.456. The molecule has 2 aromatic rings. The Labute approximate surface area is 149 Å². The number of fused-ring (bicyclic) bond motifs is 1. The summed E-state index contributed by atoms with van der Waals surface area (Å²) in [5, 5.41) is 6.97. The number of rotatable bonds is 6. The van der Waals surface area contributed by atoms with E-state index in [2.05, 4.69) is 50.9 Å². The summed E-state index contributed by atoms with van der Waals surface area (Å²) >= 11 is 0. The van der Waals surface area contributed by atoms with Crippen LogP contribution < -0.4 is 10.6 Å². The van der Waals surface area contributed by atoms with E-state index in [4.69, 9.17) is 4.74 Å². The molecular weight excluding hydrogens is 312 g/mol. The topological polar surface area (TPSA) is 59.1 Å². The van der Waals surface area contributed by atoms with Crippen molar-refractivity contribution in [1.82, 2.24) is 15.3 Å². The second kappa shape index (κ2) is 7.10. The van der Waals surface area contributed by atoms with Gasteiger partial charge in [0.2, 0.25) is 0 Å². The van der Waals surface area contributed by atoms with Gasteiger partial charge in [-0.25, -0.2) is 9.97 Å². The molecule has 1 heterocycles. The van der Waals surface area contributed by atoms with E-state index in [1.807, 2.05) is 7.05 Å². The zero-order valence-corrected chi connectivity index (χ0v) is 15.0. The molecule has 2 aliphatic rings. The van der Waals surface area contributed by atoms with Crippen molar-refractivity contribution in [2.75, 3.05) is 19.5 Å². The Hall–Kier alpha value is -1.98. The molecule has 132 valence electrons. The van der Waals surface area contributed by atoms with Crippen molar-refractivity contribution < 1.29 is 4.74 Å². The SMILES string of the molecule is CNc1cc(C2CC(NC3Cc4ccccc4C3)C2)nc(COC)n1. The van der Waals surface area contributed by atoms with Crippen molar-refractivity contribution in [2.45, 2.75) is 50.3 Å². The molecule has 1 saturated carbocycles. The van der Waals surface area contributed by atoms with Gasteiger partial charge in [-0.3, -0.25) is 0 Å². The third-order valence-corrected chi connectivity index (χ3v) is 5.40. The molecule has 1 aromatic heterocycles. The van der Waals surface area contributed by atoms with Gasteiger partial charge in [0.15, 0.2) is 5.82 Å². The van der Waals surface area contributed by atoms with Crippen LogP contribution >= 0.6 is 0 Å². The van der Waals surface area contributed by atoms with E-state index in [1.165, 1.54) is 11.1 Å². The number of aromatic nitrogens is 2. The Morgan fingerprint density at radius 2 is 1.80 bits per heavy atom. The lowest BCUT2D eigenvalue weighted by Gasteiger charge is -2.37. The van der Waals surface area contributed by atoms with Crippen LogP contribution in [-0.4, -0.2) is 36.2 Å². The fraction of sp³-hybridized carbons (Fsp3) is 0.500. The molecule has 0 radical (unpaired) electrons. The molecule has 0 amide bonds. The predicted molar refractivity (Wildman–Crippen MR) is 98.8 cm³/mol. The number of hydrogen-bond donors (Lipinski definition) is 2. The van der Waals surface area contributed by atoms with Crippen LogP contribution in [0.2, 0.25) is 0 Å². The maximum atomic E-state index is 5.19. The van der Waals surface area contributed by atoms with E-state index < -0.39 is 0 Å². The number of ether oxygens (including phenoxy) is 1. The summed E-state index contributed by atoms with van der Waals surface area (Å²) in [7, 11) is 3.57. The van der Waals surface area contributed by atoms with Crippen molar-refractivity contribution in [3.8, 4) is 0 Å². The summed E-state index contributed by atoms with van der Waals surface area (Å²) in [5.41, 5.74) is 4.16. The number of nitrogens with zero attached hydrogens (tertiary/aromatic N) is 2. The molecule has 25 heavy (non-hydrogen) atoms. The van der Waals surface area contributed by atoms with Crippen molar-refractivity contribution in [3.05, 3.63) is 53.0 Å². The van der Waals surface area contributed by atoms with E-state index in [0.717, 1.165) is 43.0 Å². The second-order valence-electron chi connectivity index (χ2n) is 7.18. The maximum absolute atomic E-state index is 5.19. The highest BCUT2D eigenvalue weighted by Crippen LogP contribution is 2.37. The van der Waals surface area contributed by atoms with Crippen LogP contribution in [-0.2, 0) is 24.2 Å². The van der Waals surface area contributed by atoms with E-state index in [1.54, 1.807) is 7.11 Å². The van der Waals surface area contributed by atoms with Gasteiger partial charge in [0, 0.05) is 43.9 Å². The van der Waals surface area contributed by atoms with E-state index in [9.17, 15) is 0 Å². The molecule has 1 aromatic carbocycles. The zero-order valence-electron chi connectivity index (χ0n) is 15.0. The zero-order chi connectivity index (χ0) is 17.2. The molecule has 0 bridgehead atoms. The predicted octanol–water partition coefficient (Wildman–Crippen LogP) is 2.67. The highest BCUT2D eigenvalue weighted by Gasteiger charge is 2.34. The molecule has 1 fully saturated rings. The van der Waals surface area contributed by atoms with Crippen molar-refractivity contribution in [1.29, 1.82) is 0 Å². The van der Waals surface area contributed by atoms with Crippen LogP contribution in [0.4, 0.5) is 5.82 Å². The first-order valence-corrected chi connectivity index (χ1v) is 9.12. The smallest absolute Gasteiger partial charge is 0.156 e. The van der Waals surface area contributed by atoms with E-state index >= 15 is 0 Å². The maximum Gasteiger partial charge on any atom is 0.156 e. The van der Waals surface area contributed by atoms with Crippen LogP contribution in [0, 0.1) is 0 Å². The average molecular weight is 338 g/mol. The minimum Gasteiger partial charge on any atom is -0.377 e. The monoisotopic (exact) mass is 338 g/mol. The second-order valence-corrected chi connectivity index (χ2v) is 7.18. The molecular formula is C20H26N4O. The number of benzene rings is 1. The third kappa shape index (κ3) is 3.53. The fourth-order valence-corrected chi connectivity index (χ4v) is 4.05. The Balaban J connectivity index is 1.34. The van der Waals surface area contributed by atoms with Crippen LogP contribution in [0.1, 0.15) is 41.4 Å². The normalized spacial score (nSPS) is 22.5. The summed E-state index contributed by atoms with van der Waals surface area (Å²) < 4.78 is 5.19.